The van der Waals surface area contributed by atoms with Gasteiger partial charge in [0.15, 0.2) is 0 Å². The van der Waals surface area contributed by atoms with E-state index in [1.54, 1.807) is 0 Å². The first-order valence-corrected chi connectivity index (χ1v) is 18.9. The number of anilines is 2. The third-order valence-corrected chi connectivity index (χ3v) is 12.0. The molecule has 53 heavy (non-hydrogen) atoms. The van der Waals surface area contributed by atoms with Gasteiger partial charge in [-0.3, -0.25) is 0 Å². The first-order valence-electron chi connectivity index (χ1n) is 18.9. The Morgan fingerprint density at radius 2 is 1.06 bits per heavy atom. The van der Waals surface area contributed by atoms with Crippen molar-refractivity contribution in [2.45, 2.75) is 38.6 Å². The monoisotopic (exact) mass is 679 g/mol. The van der Waals surface area contributed by atoms with Gasteiger partial charge in [0, 0.05) is 16.9 Å². The highest BCUT2D eigenvalue weighted by molar-refractivity contribution is 6.00. The van der Waals surface area contributed by atoms with Gasteiger partial charge in [-0.1, -0.05) is 158 Å². The zero-order valence-corrected chi connectivity index (χ0v) is 30.5. The maximum atomic E-state index is 2.65. The maximum Gasteiger partial charge on any atom is 0.0726 e. The Labute approximate surface area is 313 Å². The van der Waals surface area contributed by atoms with Crippen molar-refractivity contribution in [1.82, 2.24) is 0 Å². The van der Waals surface area contributed by atoms with E-state index < -0.39 is 0 Å². The molecule has 1 spiro atoms. The SMILES string of the molecule is CC1=CC(N(c2ccc(-c3ccccc3)cc2C)c2cccc3c2-c2ccccc2C32c3ccccc3-c3ccccc32)CC=C1c1ccccc1C. The molecule has 0 saturated heterocycles. The summed E-state index contributed by atoms with van der Waals surface area (Å²) in [7, 11) is 0. The number of rotatable bonds is 5. The molecule has 1 unspecified atom stereocenters. The summed E-state index contributed by atoms with van der Waals surface area (Å²) in [4.78, 5) is 2.65. The van der Waals surface area contributed by atoms with Crippen LogP contribution in [0.3, 0.4) is 0 Å². The first kappa shape index (κ1) is 31.5. The molecule has 1 heteroatoms. The summed E-state index contributed by atoms with van der Waals surface area (Å²) in [6, 6.07) is 61.1. The summed E-state index contributed by atoms with van der Waals surface area (Å²) >= 11 is 0. The van der Waals surface area contributed by atoms with Crippen molar-refractivity contribution in [2.75, 3.05) is 4.90 Å². The van der Waals surface area contributed by atoms with Gasteiger partial charge < -0.3 is 4.90 Å². The number of hydrogen-bond acceptors (Lipinski definition) is 1. The summed E-state index contributed by atoms with van der Waals surface area (Å²) in [5.74, 6) is 0. The lowest BCUT2D eigenvalue weighted by Gasteiger charge is -2.37. The lowest BCUT2D eigenvalue weighted by Crippen LogP contribution is -2.32. The Morgan fingerprint density at radius 1 is 0.472 bits per heavy atom. The standard InChI is InChI=1S/C52H41N/c1-34-16-7-8-19-40(34)41-30-29-39(33-35(41)2)53(49-31-28-38(32-36(49)3)37-17-5-4-6-18-37)50-27-15-26-48-51(50)44-22-11-14-25-47(44)52(48)45-23-12-9-20-42(45)43-21-10-13-24-46(43)52/h4-28,30-33,39H,29H2,1-3H3. The van der Waals surface area contributed by atoms with E-state index in [9.17, 15) is 0 Å². The third-order valence-electron chi connectivity index (χ3n) is 12.0. The number of benzene rings is 7. The van der Waals surface area contributed by atoms with Gasteiger partial charge in [-0.2, -0.15) is 0 Å². The highest BCUT2D eigenvalue weighted by Gasteiger charge is 2.52. The van der Waals surface area contributed by atoms with Gasteiger partial charge in [0.05, 0.1) is 11.5 Å². The Hall–Kier alpha value is -6.18. The smallest absolute Gasteiger partial charge is 0.0726 e. The van der Waals surface area contributed by atoms with Crippen molar-refractivity contribution in [3.05, 3.63) is 220 Å². The number of allylic oxidation sites excluding steroid dienone is 2. The van der Waals surface area contributed by atoms with Gasteiger partial charge in [0.1, 0.15) is 0 Å². The third kappa shape index (κ3) is 4.63. The Bertz CT molecular complexity index is 2590. The molecule has 10 rings (SSSR count). The van der Waals surface area contributed by atoms with E-state index in [4.69, 9.17) is 0 Å². The quantitative estimate of drug-likeness (QED) is 0.175. The van der Waals surface area contributed by atoms with Gasteiger partial charge in [-0.25, -0.2) is 0 Å². The zero-order chi connectivity index (χ0) is 35.7. The minimum atomic E-state index is -0.386. The van der Waals surface area contributed by atoms with Crippen molar-refractivity contribution in [1.29, 1.82) is 0 Å². The highest BCUT2D eigenvalue weighted by atomic mass is 15.2. The topological polar surface area (TPSA) is 3.24 Å². The fourth-order valence-corrected chi connectivity index (χ4v) is 9.77. The predicted molar refractivity (Wildman–Crippen MR) is 223 cm³/mol. The van der Waals surface area contributed by atoms with E-state index in [1.807, 2.05) is 0 Å². The largest absolute Gasteiger partial charge is 0.333 e. The van der Waals surface area contributed by atoms with Crippen LogP contribution in [0, 0.1) is 13.8 Å². The van der Waals surface area contributed by atoms with Crippen LogP contribution in [0.5, 0.6) is 0 Å². The van der Waals surface area contributed by atoms with E-state index in [0.717, 1.165) is 6.42 Å². The van der Waals surface area contributed by atoms with E-state index >= 15 is 0 Å². The summed E-state index contributed by atoms with van der Waals surface area (Å²) in [6.07, 6.45) is 5.90. The van der Waals surface area contributed by atoms with E-state index in [2.05, 4.69) is 202 Å². The Balaban J connectivity index is 1.21. The second-order valence-electron chi connectivity index (χ2n) is 14.9. The molecule has 0 aromatic heterocycles. The van der Waals surface area contributed by atoms with Crippen molar-refractivity contribution in [3.8, 4) is 33.4 Å². The molecule has 0 heterocycles. The van der Waals surface area contributed by atoms with Crippen molar-refractivity contribution in [2.24, 2.45) is 0 Å². The minimum absolute atomic E-state index is 0.127. The number of fused-ring (bicyclic) bond motifs is 10. The van der Waals surface area contributed by atoms with Crippen molar-refractivity contribution in [3.63, 3.8) is 0 Å². The van der Waals surface area contributed by atoms with Gasteiger partial charge in [-0.05, 0) is 123 Å². The molecular formula is C52H41N. The van der Waals surface area contributed by atoms with Crippen LogP contribution in [-0.4, -0.2) is 6.04 Å². The summed E-state index contributed by atoms with van der Waals surface area (Å²) in [5, 5.41) is 0. The molecule has 1 nitrogen and oxygen atoms in total. The minimum Gasteiger partial charge on any atom is -0.333 e. The molecule has 0 N–H and O–H groups in total. The van der Waals surface area contributed by atoms with Crippen LogP contribution < -0.4 is 4.90 Å². The lowest BCUT2D eigenvalue weighted by molar-refractivity contribution is 0.774. The summed E-state index contributed by atoms with van der Waals surface area (Å²) in [6.45, 7) is 6.80. The Morgan fingerprint density at radius 3 is 1.72 bits per heavy atom. The zero-order valence-electron chi connectivity index (χ0n) is 30.5. The average molecular weight is 680 g/mol. The second-order valence-corrected chi connectivity index (χ2v) is 14.9. The Kier molecular flexibility index (Phi) is 7.27. The van der Waals surface area contributed by atoms with Gasteiger partial charge in [0.2, 0.25) is 0 Å². The molecule has 3 aliphatic carbocycles. The number of nitrogens with zero attached hydrogens (tertiary/aromatic N) is 1. The van der Waals surface area contributed by atoms with Crippen molar-refractivity contribution >= 4 is 16.9 Å². The van der Waals surface area contributed by atoms with Gasteiger partial charge >= 0.3 is 0 Å². The van der Waals surface area contributed by atoms with Crippen LogP contribution in [0.15, 0.2) is 182 Å². The van der Waals surface area contributed by atoms with Gasteiger partial charge in [0.25, 0.3) is 0 Å². The van der Waals surface area contributed by atoms with Crippen LogP contribution in [0.2, 0.25) is 0 Å². The van der Waals surface area contributed by atoms with E-state index in [0.29, 0.717) is 0 Å². The molecule has 0 aliphatic heterocycles. The predicted octanol–water partition coefficient (Wildman–Crippen LogP) is 13.3. The first-order chi connectivity index (χ1) is 26.1. The molecule has 0 radical (unpaired) electrons. The molecule has 254 valence electrons. The average Bonchev–Trinajstić information content (AvgIpc) is 3.67. The lowest BCUT2D eigenvalue weighted by atomic mass is 9.70. The number of hydrogen-bond donors (Lipinski definition) is 0. The molecule has 0 amide bonds. The van der Waals surface area contributed by atoms with Crippen LogP contribution >= 0.6 is 0 Å². The molecule has 0 fully saturated rings. The molecule has 1 atom stereocenters. The fourth-order valence-electron chi connectivity index (χ4n) is 9.77. The summed E-state index contributed by atoms with van der Waals surface area (Å²) in [5.41, 5.74) is 22.0. The molecule has 3 aliphatic rings. The highest BCUT2D eigenvalue weighted by Crippen LogP contribution is 2.64. The molecule has 0 bridgehead atoms. The van der Waals surface area contributed by atoms with Crippen LogP contribution in [-0.2, 0) is 5.41 Å². The molecule has 7 aromatic carbocycles. The van der Waals surface area contributed by atoms with Gasteiger partial charge in [-0.15, -0.1) is 0 Å². The molecular weight excluding hydrogens is 639 g/mol. The van der Waals surface area contributed by atoms with E-state index in [1.165, 1.54) is 94.8 Å². The molecule has 7 aromatic rings. The summed E-state index contributed by atoms with van der Waals surface area (Å²) < 4.78 is 0. The second kappa shape index (κ2) is 12.2. The number of aryl methyl sites for hydroxylation is 2. The maximum absolute atomic E-state index is 2.65. The van der Waals surface area contributed by atoms with Crippen molar-refractivity contribution < 1.29 is 0 Å². The van der Waals surface area contributed by atoms with Crippen LogP contribution in [0.4, 0.5) is 11.4 Å². The van der Waals surface area contributed by atoms with Crippen LogP contribution in [0.25, 0.3) is 39.0 Å². The van der Waals surface area contributed by atoms with E-state index in [-0.39, 0.29) is 11.5 Å². The molecule has 0 saturated carbocycles. The fraction of sp³-hybridized carbons (Fsp3) is 0.115. The normalized spacial score (nSPS) is 15.9. The van der Waals surface area contributed by atoms with Crippen LogP contribution in [0.1, 0.15) is 52.3 Å².